The predicted molar refractivity (Wildman–Crippen MR) is 114 cm³/mol. The highest BCUT2D eigenvalue weighted by molar-refractivity contribution is 5.63. The fraction of sp³-hybridized carbons (Fsp3) is 0.455. The monoisotopic (exact) mass is 388 g/mol. The molecular formula is C22H32N2O4. The third-order valence-corrected chi connectivity index (χ3v) is 4.25. The normalized spacial score (nSPS) is 11.0. The third kappa shape index (κ3) is 5.62. The molecule has 0 saturated heterocycles. The van der Waals surface area contributed by atoms with Gasteiger partial charge in [-0.1, -0.05) is 20.8 Å². The van der Waals surface area contributed by atoms with E-state index in [1.165, 1.54) is 0 Å². The van der Waals surface area contributed by atoms with Crippen molar-refractivity contribution >= 4 is 11.4 Å². The van der Waals surface area contributed by atoms with Gasteiger partial charge in [0.15, 0.2) is 11.5 Å². The van der Waals surface area contributed by atoms with Crippen molar-refractivity contribution < 1.29 is 18.9 Å². The van der Waals surface area contributed by atoms with Gasteiger partial charge in [-0.05, 0) is 23.6 Å². The zero-order chi connectivity index (χ0) is 20.7. The van der Waals surface area contributed by atoms with Crippen LogP contribution in [-0.2, 0) is 6.54 Å². The maximum absolute atomic E-state index is 5.52. The molecule has 0 aliphatic rings. The lowest BCUT2D eigenvalue weighted by Crippen LogP contribution is -2.19. The number of ether oxygens (including phenoxy) is 4. The summed E-state index contributed by atoms with van der Waals surface area (Å²) in [5.41, 5.74) is 3.19. The van der Waals surface area contributed by atoms with Gasteiger partial charge in [-0.2, -0.15) is 0 Å². The van der Waals surface area contributed by atoms with Gasteiger partial charge in [0.1, 0.15) is 5.75 Å². The molecule has 28 heavy (non-hydrogen) atoms. The Morgan fingerprint density at radius 3 is 1.82 bits per heavy atom. The van der Waals surface area contributed by atoms with Gasteiger partial charge in [0.25, 0.3) is 0 Å². The van der Waals surface area contributed by atoms with E-state index in [0.29, 0.717) is 23.8 Å². The lowest BCUT2D eigenvalue weighted by atomic mass is 9.97. The summed E-state index contributed by atoms with van der Waals surface area (Å²) in [5, 5.41) is 6.90. The number of benzene rings is 2. The molecular weight excluding hydrogens is 356 g/mol. The Hall–Kier alpha value is -2.76. The molecule has 2 N–H and O–H groups in total. The second-order valence-electron chi connectivity index (χ2n) is 7.71. The zero-order valence-electron chi connectivity index (χ0n) is 17.9. The van der Waals surface area contributed by atoms with Gasteiger partial charge in [0, 0.05) is 42.2 Å². The lowest BCUT2D eigenvalue weighted by molar-refractivity contribution is 0.324. The van der Waals surface area contributed by atoms with Crippen LogP contribution in [-0.4, -0.2) is 35.0 Å². The maximum atomic E-state index is 5.52. The first-order chi connectivity index (χ1) is 13.3. The topological polar surface area (TPSA) is 61.0 Å². The molecule has 0 atom stereocenters. The molecule has 0 fully saturated rings. The Morgan fingerprint density at radius 2 is 1.32 bits per heavy atom. The van der Waals surface area contributed by atoms with Crippen LogP contribution in [0.2, 0.25) is 0 Å². The average Bonchev–Trinajstić information content (AvgIpc) is 2.69. The quantitative estimate of drug-likeness (QED) is 0.644. The van der Waals surface area contributed by atoms with Crippen molar-refractivity contribution in [2.45, 2.75) is 27.3 Å². The Morgan fingerprint density at radius 1 is 0.714 bits per heavy atom. The van der Waals surface area contributed by atoms with Crippen LogP contribution < -0.4 is 29.6 Å². The van der Waals surface area contributed by atoms with Crippen LogP contribution in [0, 0.1) is 5.41 Å². The summed E-state index contributed by atoms with van der Waals surface area (Å²) in [6.45, 7) is 8.09. The highest BCUT2D eigenvalue weighted by atomic mass is 16.5. The Labute approximate surface area is 168 Å². The molecule has 6 heteroatoms. The van der Waals surface area contributed by atoms with Crippen LogP contribution in [0.15, 0.2) is 30.3 Å². The van der Waals surface area contributed by atoms with Gasteiger partial charge in [-0.25, -0.2) is 0 Å². The molecule has 0 heterocycles. The predicted octanol–water partition coefficient (Wildman–Crippen LogP) is 4.79. The van der Waals surface area contributed by atoms with E-state index in [1.807, 2.05) is 24.3 Å². The van der Waals surface area contributed by atoms with Crippen LogP contribution >= 0.6 is 0 Å². The average molecular weight is 389 g/mol. The molecule has 0 unspecified atom stereocenters. The molecule has 0 aliphatic carbocycles. The smallest absolute Gasteiger partial charge is 0.203 e. The molecule has 0 aromatic heterocycles. The summed E-state index contributed by atoms with van der Waals surface area (Å²) in [6, 6.07) is 9.89. The minimum atomic E-state index is 0.203. The SMILES string of the molecule is COc1ccc(NCC(C)(C)C)cc1CNc1cc(OC)c(OC)c(OC)c1. The largest absolute Gasteiger partial charge is 0.496 e. The van der Waals surface area contributed by atoms with Gasteiger partial charge in [-0.15, -0.1) is 0 Å². The Kier molecular flexibility index (Phi) is 7.26. The fourth-order valence-electron chi connectivity index (χ4n) is 2.77. The van der Waals surface area contributed by atoms with E-state index in [2.05, 4.69) is 37.5 Å². The Balaban J connectivity index is 2.21. The van der Waals surface area contributed by atoms with Crippen molar-refractivity contribution in [2.75, 3.05) is 45.6 Å². The van der Waals surface area contributed by atoms with Crippen LogP contribution in [0.5, 0.6) is 23.0 Å². The number of rotatable bonds is 9. The van der Waals surface area contributed by atoms with Gasteiger partial charge < -0.3 is 29.6 Å². The number of methoxy groups -OCH3 is 4. The number of hydrogen-bond acceptors (Lipinski definition) is 6. The van der Waals surface area contributed by atoms with Crippen molar-refractivity contribution in [2.24, 2.45) is 5.41 Å². The molecule has 0 radical (unpaired) electrons. The summed E-state index contributed by atoms with van der Waals surface area (Å²) in [4.78, 5) is 0. The second-order valence-corrected chi connectivity index (χ2v) is 7.71. The van der Waals surface area contributed by atoms with E-state index >= 15 is 0 Å². The maximum Gasteiger partial charge on any atom is 0.203 e. The molecule has 2 aromatic carbocycles. The molecule has 154 valence electrons. The Bertz CT molecular complexity index is 760. The third-order valence-electron chi connectivity index (χ3n) is 4.25. The van der Waals surface area contributed by atoms with Crippen LogP contribution in [0.1, 0.15) is 26.3 Å². The van der Waals surface area contributed by atoms with E-state index in [1.54, 1.807) is 28.4 Å². The first-order valence-corrected chi connectivity index (χ1v) is 9.26. The van der Waals surface area contributed by atoms with Crippen LogP contribution in [0.3, 0.4) is 0 Å². The summed E-state index contributed by atoms with van der Waals surface area (Å²) in [6.07, 6.45) is 0. The van der Waals surface area contributed by atoms with Gasteiger partial charge >= 0.3 is 0 Å². The molecule has 0 bridgehead atoms. The van der Waals surface area contributed by atoms with E-state index in [-0.39, 0.29) is 5.41 Å². The molecule has 0 spiro atoms. The summed E-state index contributed by atoms with van der Waals surface area (Å²) in [5.74, 6) is 2.62. The summed E-state index contributed by atoms with van der Waals surface area (Å²) >= 11 is 0. The molecule has 0 aliphatic heterocycles. The van der Waals surface area contributed by atoms with Crippen molar-refractivity contribution in [1.82, 2.24) is 0 Å². The van der Waals surface area contributed by atoms with Crippen molar-refractivity contribution in [3.63, 3.8) is 0 Å². The summed E-state index contributed by atoms with van der Waals surface area (Å²) in [7, 11) is 6.48. The molecule has 0 amide bonds. The summed E-state index contributed by atoms with van der Waals surface area (Å²) < 4.78 is 21.7. The first-order valence-electron chi connectivity index (χ1n) is 9.26. The molecule has 2 aromatic rings. The van der Waals surface area contributed by atoms with Crippen LogP contribution in [0.4, 0.5) is 11.4 Å². The minimum absolute atomic E-state index is 0.203. The van der Waals surface area contributed by atoms with Crippen molar-refractivity contribution in [3.8, 4) is 23.0 Å². The van der Waals surface area contributed by atoms with Gasteiger partial charge in [0.05, 0.1) is 28.4 Å². The zero-order valence-corrected chi connectivity index (χ0v) is 17.9. The standard InChI is InChI=1S/C22H32N2O4/c1-22(2,3)14-24-16-8-9-18(25-4)15(10-16)13-23-17-11-19(26-5)21(28-7)20(12-17)27-6/h8-12,23-24H,13-14H2,1-7H3. The first kappa shape index (κ1) is 21.5. The van der Waals surface area contributed by atoms with Crippen molar-refractivity contribution in [3.05, 3.63) is 35.9 Å². The van der Waals surface area contributed by atoms with E-state index in [9.17, 15) is 0 Å². The fourth-order valence-corrected chi connectivity index (χ4v) is 2.77. The minimum Gasteiger partial charge on any atom is -0.496 e. The molecule has 2 rings (SSSR count). The number of nitrogens with one attached hydrogen (secondary N) is 2. The van der Waals surface area contributed by atoms with Gasteiger partial charge in [0.2, 0.25) is 5.75 Å². The van der Waals surface area contributed by atoms with E-state index in [0.717, 1.165) is 29.2 Å². The van der Waals surface area contributed by atoms with Crippen LogP contribution in [0.25, 0.3) is 0 Å². The van der Waals surface area contributed by atoms with E-state index in [4.69, 9.17) is 18.9 Å². The van der Waals surface area contributed by atoms with Crippen molar-refractivity contribution in [1.29, 1.82) is 0 Å². The highest BCUT2D eigenvalue weighted by Gasteiger charge is 2.14. The second kappa shape index (κ2) is 9.44. The van der Waals surface area contributed by atoms with Gasteiger partial charge in [-0.3, -0.25) is 0 Å². The molecule has 6 nitrogen and oxygen atoms in total. The lowest BCUT2D eigenvalue weighted by Gasteiger charge is -2.20. The van der Waals surface area contributed by atoms with E-state index < -0.39 is 0 Å². The molecule has 0 saturated carbocycles. The number of anilines is 2. The number of hydrogen-bond donors (Lipinski definition) is 2. The highest BCUT2D eigenvalue weighted by Crippen LogP contribution is 2.40.